The van der Waals surface area contributed by atoms with E-state index in [0.29, 0.717) is 17.0 Å². The standard InChI is InChI=1S/C15H16ClN3O5/c1-8-15(23)19(7-14(22)18-17-9(2)20)11-5-10(12(21)6-16)3-4-13(11)24-8/h3-5,8H,6-7H2,1-2H3,(H,17,20)(H,18,22). The van der Waals surface area contributed by atoms with E-state index in [1.54, 1.807) is 19.1 Å². The minimum absolute atomic E-state index is 0.201. The molecule has 128 valence electrons. The molecule has 0 aromatic heterocycles. The molecule has 0 spiro atoms. The summed E-state index contributed by atoms with van der Waals surface area (Å²) in [4.78, 5) is 48.0. The second-order valence-electron chi connectivity index (χ2n) is 5.15. The Balaban J connectivity index is 2.30. The zero-order valence-corrected chi connectivity index (χ0v) is 13.8. The van der Waals surface area contributed by atoms with Crippen molar-refractivity contribution >= 4 is 40.8 Å². The number of nitrogens with zero attached hydrogens (tertiary/aromatic N) is 1. The van der Waals surface area contributed by atoms with Gasteiger partial charge >= 0.3 is 0 Å². The van der Waals surface area contributed by atoms with Crippen LogP contribution in [0.15, 0.2) is 18.2 Å². The van der Waals surface area contributed by atoms with Crippen molar-refractivity contribution < 1.29 is 23.9 Å². The first-order chi connectivity index (χ1) is 11.3. The number of alkyl halides is 1. The smallest absolute Gasteiger partial charge is 0.268 e. The fourth-order valence-electron chi connectivity index (χ4n) is 2.16. The lowest BCUT2D eigenvalue weighted by Crippen LogP contribution is -2.51. The van der Waals surface area contributed by atoms with Crippen LogP contribution in [0, 0.1) is 0 Å². The summed E-state index contributed by atoms with van der Waals surface area (Å²) >= 11 is 5.55. The molecule has 3 amide bonds. The lowest BCUT2D eigenvalue weighted by atomic mass is 10.1. The van der Waals surface area contributed by atoms with Gasteiger partial charge in [0.1, 0.15) is 12.3 Å². The molecule has 1 aliphatic rings. The van der Waals surface area contributed by atoms with Crippen LogP contribution >= 0.6 is 11.6 Å². The number of fused-ring (bicyclic) bond motifs is 1. The molecule has 1 aliphatic heterocycles. The molecule has 1 aromatic rings. The number of hydrogen-bond acceptors (Lipinski definition) is 5. The van der Waals surface area contributed by atoms with Crippen LogP contribution in [0.5, 0.6) is 5.75 Å². The fraction of sp³-hybridized carbons (Fsp3) is 0.333. The number of amides is 3. The molecule has 2 N–H and O–H groups in total. The fourth-order valence-corrected chi connectivity index (χ4v) is 2.32. The summed E-state index contributed by atoms with van der Waals surface area (Å²) in [5, 5.41) is 0. The average molecular weight is 354 g/mol. The molecule has 1 atom stereocenters. The topological polar surface area (TPSA) is 105 Å². The van der Waals surface area contributed by atoms with Gasteiger partial charge in [0.25, 0.3) is 11.8 Å². The number of nitrogens with one attached hydrogen (secondary N) is 2. The minimum atomic E-state index is -0.777. The Morgan fingerprint density at radius 1 is 1.29 bits per heavy atom. The number of ketones is 1. The van der Waals surface area contributed by atoms with Crippen molar-refractivity contribution in [2.45, 2.75) is 20.0 Å². The Hall–Kier alpha value is -2.61. The van der Waals surface area contributed by atoms with Crippen molar-refractivity contribution in [1.29, 1.82) is 0 Å². The van der Waals surface area contributed by atoms with Gasteiger partial charge in [-0.3, -0.25) is 34.9 Å². The number of ether oxygens (including phenoxy) is 1. The maximum Gasteiger partial charge on any atom is 0.268 e. The molecular formula is C15H16ClN3O5. The monoisotopic (exact) mass is 353 g/mol. The third kappa shape index (κ3) is 3.83. The molecule has 1 aromatic carbocycles. The molecule has 0 radical (unpaired) electrons. The number of anilines is 1. The molecule has 0 saturated carbocycles. The van der Waals surface area contributed by atoms with Gasteiger partial charge in [0.2, 0.25) is 5.91 Å². The number of Topliss-reactive ketones (excluding diaryl/α,β-unsaturated/α-hetero) is 1. The van der Waals surface area contributed by atoms with Crippen molar-refractivity contribution in [3.05, 3.63) is 23.8 Å². The summed E-state index contributed by atoms with van der Waals surface area (Å²) in [6.07, 6.45) is -0.777. The number of halogens is 1. The van der Waals surface area contributed by atoms with Crippen LogP contribution in [0.4, 0.5) is 5.69 Å². The van der Waals surface area contributed by atoms with E-state index in [2.05, 4.69) is 10.9 Å². The van der Waals surface area contributed by atoms with E-state index in [-0.39, 0.29) is 18.2 Å². The van der Waals surface area contributed by atoms with E-state index >= 15 is 0 Å². The zero-order chi connectivity index (χ0) is 17.9. The van der Waals surface area contributed by atoms with E-state index in [4.69, 9.17) is 16.3 Å². The normalized spacial score (nSPS) is 16.0. The van der Waals surface area contributed by atoms with Gasteiger partial charge in [-0.15, -0.1) is 11.6 Å². The number of hydrogen-bond donors (Lipinski definition) is 2. The van der Waals surface area contributed by atoms with Gasteiger partial charge in [0.15, 0.2) is 11.9 Å². The highest BCUT2D eigenvalue weighted by molar-refractivity contribution is 6.30. The first-order valence-corrected chi connectivity index (χ1v) is 7.63. The Bertz CT molecular complexity index is 706. The number of carbonyl (C=O) groups is 4. The third-order valence-corrected chi connectivity index (χ3v) is 3.53. The van der Waals surface area contributed by atoms with Crippen LogP contribution in [-0.4, -0.2) is 42.0 Å². The van der Waals surface area contributed by atoms with Crippen molar-refractivity contribution in [2.75, 3.05) is 17.3 Å². The molecule has 9 heteroatoms. The highest BCUT2D eigenvalue weighted by Gasteiger charge is 2.33. The van der Waals surface area contributed by atoms with E-state index in [0.717, 1.165) is 0 Å². The molecule has 0 fully saturated rings. The van der Waals surface area contributed by atoms with Crippen molar-refractivity contribution in [3.63, 3.8) is 0 Å². The Morgan fingerprint density at radius 3 is 2.62 bits per heavy atom. The summed E-state index contributed by atoms with van der Waals surface area (Å²) in [5.74, 6) is -1.61. The SMILES string of the molecule is CC(=O)NNC(=O)CN1C(=O)C(C)Oc2ccc(C(=O)CCl)cc21. The Kier molecular flexibility index (Phi) is 5.40. The maximum absolute atomic E-state index is 12.3. The Labute approximate surface area is 143 Å². The van der Waals surface area contributed by atoms with Gasteiger partial charge in [0.05, 0.1) is 11.6 Å². The lowest BCUT2D eigenvalue weighted by molar-refractivity contribution is -0.129. The molecule has 24 heavy (non-hydrogen) atoms. The number of carbonyl (C=O) groups excluding carboxylic acids is 4. The zero-order valence-electron chi connectivity index (χ0n) is 13.1. The summed E-state index contributed by atoms with van der Waals surface area (Å²) in [7, 11) is 0. The molecule has 8 nitrogen and oxygen atoms in total. The number of rotatable bonds is 4. The van der Waals surface area contributed by atoms with Crippen LogP contribution in [-0.2, 0) is 14.4 Å². The quantitative estimate of drug-likeness (QED) is 0.463. The number of benzene rings is 1. The predicted molar refractivity (Wildman–Crippen MR) is 85.9 cm³/mol. The first kappa shape index (κ1) is 17.7. The highest BCUT2D eigenvalue weighted by atomic mass is 35.5. The van der Waals surface area contributed by atoms with Crippen LogP contribution in [0.3, 0.4) is 0 Å². The molecular weight excluding hydrogens is 338 g/mol. The minimum Gasteiger partial charge on any atom is -0.479 e. The van der Waals surface area contributed by atoms with E-state index < -0.39 is 23.8 Å². The van der Waals surface area contributed by atoms with Gasteiger partial charge in [-0.1, -0.05) is 0 Å². The molecule has 0 saturated heterocycles. The second kappa shape index (κ2) is 7.31. The predicted octanol–water partition coefficient (Wildman–Crippen LogP) is 0.389. The van der Waals surface area contributed by atoms with Crippen LogP contribution in [0.1, 0.15) is 24.2 Å². The van der Waals surface area contributed by atoms with Gasteiger partial charge < -0.3 is 4.74 Å². The maximum atomic E-state index is 12.3. The van der Waals surface area contributed by atoms with Gasteiger partial charge in [-0.2, -0.15) is 0 Å². The van der Waals surface area contributed by atoms with Gasteiger partial charge in [-0.05, 0) is 25.1 Å². The summed E-state index contributed by atoms with van der Waals surface area (Å²) < 4.78 is 5.49. The summed E-state index contributed by atoms with van der Waals surface area (Å²) in [6.45, 7) is 2.46. The largest absolute Gasteiger partial charge is 0.479 e. The third-order valence-electron chi connectivity index (χ3n) is 3.29. The van der Waals surface area contributed by atoms with Crippen LogP contribution in [0.2, 0.25) is 0 Å². The first-order valence-electron chi connectivity index (χ1n) is 7.10. The molecule has 0 aliphatic carbocycles. The summed E-state index contributed by atoms with van der Waals surface area (Å²) in [5.41, 5.74) is 4.93. The second-order valence-corrected chi connectivity index (χ2v) is 5.42. The van der Waals surface area contributed by atoms with Crippen molar-refractivity contribution in [2.24, 2.45) is 0 Å². The van der Waals surface area contributed by atoms with Crippen molar-refractivity contribution in [1.82, 2.24) is 10.9 Å². The van der Waals surface area contributed by atoms with Crippen molar-refractivity contribution in [3.8, 4) is 5.75 Å². The van der Waals surface area contributed by atoms with E-state index in [9.17, 15) is 19.2 Å². The Morgan fingerprint density at radius 2 is 2.00 bits per heavy atom. The van der Waals surface area contributed by atoms with Gasteiger partial charge in [-0.25, -0.2) is 0 Å². The lowest BCUT2D eigenvalue weighted by Gasteiger charge is -2.32. The average Bonchev–Trinajstić information content (AvgIpc) is 2.56. The molecule has 0 bridgehead atoms. The van der Waals surface area contributed by atoms with E-state index in [1.165, 1.54) is 17.9 Å². The highest BCUT2D eigenvalue weighted by Crippen LogP contribution is 2.34. The van der Waals surface area contributed by atoms with E-state index in [1.807, 2.05) is 0 Å². The molecule has 1 heterocycles. The van der Waals surface area contributed by atoms with Crippen LogP contribution < -0.4 is 20.5 Å². The molecule has 2 rings (SSSR count). The summed E-state index contributed by atoms with van der Waals surface area (Å²) in [6, 6.07) is 4.55. The molecule has 1 unspecified atom stereocenters. The number of hydrazine groups is 1. The van der Waals surface area contributed by atoms with Gasteiger partial charge in [0, 0.05) is 12.5 Å². The van der Waals surface area contributed by atoms with Crippen LogP contribution in [0.25, 0.3) is 0 Å².